The molecule has 1 aliphatic heterocycles. The number of fused-ring (bicyclic) bond motifs is 3. The quantitative estimate of drug-likeness (QED) is 0.773. The summed E-state index contributed by atoms with van der Waals surface area (Å²) in [4.78, 5) is 7.32. The third-order valence-corrected chi connectivity index (χ3v) is 5.21. The Bertz CT molecular complexity index is 819. The van der Waals surface area contributed by atoms with Crippen LogP contribution in [0.4, 0.5) is 0 Å². The summed E-state index contributed by atoms with van der Waals surface area (Å²) >= 11 is 0. The van der Waals surface area contributed by atoms with Gasteiger partial charge in [0.1, 0.15) is 0 Å². The molecule has 1 aromatic carbocycles. The van der Waals surface area contributed by atoms with Crippen molar-refractivity contribution in [1.82, 2.24) is 9.88 Å². The standard InChI is InChI=1S/C23H26N2O/c1-17(2)16-25-12-13-26-23-20-14-19(9-8-18-6-4-3-5-7-18)15-24-21(20)10-11-22(23)25/h3-7,14-15,17,22-23H,10-13,16H2,1-2H3/t22-,23+/m0/s1. The molecule has 3 nitrogen and oxygen atoms in total. The van der Waals surface area contributed by atoms with Gasteiger partial charge in [-0.05, 0) is 37.0 Å². The fraction of sp³-hybridized carbons (Fsp3) is 0.435. The average Bonchev–Trinajstić information content (AvgIpc) is 2.67. The van der Waals surface area contributed by atoms with Crippen LogP contribution in [0.2, 0.25) is 0 Å². The molecule has 134 valence electrons. The second-order valence-electron chi connectivity index (χ2n) is 7.66. The van der Waals surface area contributed by atoms with Crippen LogP contribution >= 0.6 is 0 Å². The van der Waals surface area contributed by atoms with Crippen molar-refractivity contribution in [3.05, 3.63) is 65.0 Å². The molecule has 0 N–H and O–H groups in total. The number of pyridine rings is 1. The van der Waals surface area contributed by atoms with Gasteiger partial charge < -0.3 is 4.74 Å². The molecule has 2 atom stereocenters. The van der Waals surface area contributed by atoms with Crippen LogP contribution in [0.3, 0.4) is 0 Å². The van der Waals surface area contributed by atoms with Gasteiger partial charge >= 0.3 is 0 Å². The number of benzene rings is 1. The van der Waals surface area contributed by atoms with E-state index < -0.39 is 0 Å². The molecule has 0 radical (unpaired) electrons. The Balaban J connectivity index is 1.60. The van der Waals surface area contributed by atoms with E-state index in [1.54, 1.807) is 0 Å². The summed E-state index contributed by atoms with van der Waals surface area (Å²) in [5.41, 5.74) is 4.43. The highest BCUT2D eigenvalue weighted by Crippen LogP contribution is 2.37. The summed E-state index contributed by atoms with van der Waals surface area (Å²) in [5, 5.41) is 0. The van der Waals surface area contributed by atoms with E-state index in [-0.39, 0.29) is 6.10 Å². The molecule has 1 aliphatic carbocycles. The minimum Gasteiger partial charge on any atom is -0.370 e. The fourth-order valence-corrected chi connectivity index (χ4v) is 4.08. The van der Waals surface area contributed by atoms with E-state index in [0.29, 0.717) is 12.0 Å². The molecular formula is C23H26N2O. The van der Waals surface area contributed by atoms with Gasteiger partial charge in [0.15, 0.2) is 0 Å². The fourth-order valence-electron chi connectivity index (χ4n) is 4.08. The van der Waals surface area contributed by atoms with Crippen LogP contribution in [0.25, 0.3) is 0 Å². The summed E-state index contributed by atoms with van der Waals surface area (Å²) in [6.07, 6.45) is 4.20. The van der Waals surface area contributed by atoms with Crippen LogP contribution in [0, 0.1) is 17.8 Å². The minimum absolute atomic E-state index is 0.136. The molecule has 4 rings (SSSR count). The Morgan fingerprint density at radius 2 is 2.00 bits per heavy atom. The van der Waals surface area contributed by atoms with Crippen LogP contribution in [0.5, 0.6) is 0 Å². The SMILES string of the molecule is CC(C)CN1CCO[C@@H]2c3cc(C#Cc4ccccc4)cnc3CC[C@@H]21. The second kappa shape index (κ2) is 7.61. The van der Waals surface area contributed by atoms with Gasteiger partial charge in [0.05, 0.1) is 12.7 Å². The van der Waals surface area contributed by atoms with Gasteiger partial charge in [-0.15, -0.1) is 0 Å². The first kappa shape index (κ1) is 17.3. The van der Waals surface area contributed by atoms with Crippen LogP contribution in [0.15, 0.2) is 42.6 Å². The number of aryl methyl sites for hydroxylation is 1. The molecule has 2 aromatic rings. The number of aromatic nitrogens is 1. The molecule has 1 aromatic heterocycles. The van der Waals surface area contributed by atoms with Crippen LogP contribution < -0.4 is 0 Å². The van der Waals surface area contributed by atoms with E-state index in [4.69, 9.17) is 9.72 Å². The topological polar surface area (TPSA) is 25.4 Å². The van der Waals surface area contributed by atoms with E-state index >= 15 is 0 Å². The van der Waals surface area contributed by atoms with E-state index in [1.807, 2.05) is 36.5 Å². The van der Waals surface area contributed by atoms with Crippen molar-refractivity contribution >= 4 is 0 Å². The third kappa shape index (κ3) is 3.67. The number of hydrogen-bond acceptors (Lipinski definition) is 3. The van der Waals surface area contributed by atoms with E-state index in [0.717, 1.165) is 43.7 Å². The van der Waals surface area contributed by atoms with Crippen LogP contribution in [-0.4, -0.2) is 35.6 Å². The normalized spacial score (nSPS) is 22.3. The first-order valence-electron chi connectivity index (χ1n) is 9.62. The molecule has 1 fully saturated rings. The molecule has 0 unspecified atom stereocenters. The summed E-state index contributed by atoms with van der Waals surface area (Å²) in [6, 6.07) is 12.8. The van der Waals surface area contributed by atoms with Gasteiger partial charge in [-0.25, -0.2) is 0 Å². The van der Waals surface area contributed by atoms with Gasteiger partial charge in [0.2, 0.25) is 0 Å². The first-order valence-corrected chi connectivity index (χ1v) is 9.62. The molecular weight excluding hydrogens is 320 g/mol. The van der Waals surface area contributed by atoms with E-state index in [9.17, 15) is 0 Å². The molecule has 26 heavy (non-hydrogen) atoms. The highest BCUT2D eigenvalue weighted by molar-refractivity contribution is 5.44. The lowest BCUT2D eigenvalue weighted by atomic mass is 9.86. The van der Waals surface area contributed by atoms with Crippen LogP contribution in [-0.2, 0) is 11.2 Å². The highest BCUT2D eigenvalue weighted by atomic mass is 16.5. The summed E-state index contributed by atoms with van der Waals surface area (Å²) in [7, 11) is 0. The van der Waals surface area contributed by atoms with Gasteiger partial charge in [-0.1, -0.05) is 43.9 Å². The molecule has 0 amide bonds. The summed E-state index contributed by atoms with van der Waals surface area (Å²) < 4.78 is 6.21. The van der Waals surface area contributed by atoms with Crippen molar-refractivity contribution < 1.29 is 4.74 Å². The maximum atomic E-state index is 6.21. The monoisotopic (exact) mass is 346 g/mol. The Labute approximate surface area is 156 Å². The summed E-state index contributed by atoms with van der Waals surface area (Å²) in [6.45, 7) is 7.56. The van der Waals surface area contributed by atoms with Crippen molar-refractivity contribution in [2.45, 2.75) is 38.8 Å². The van der Waals surface area contributed by atoms with Crippen molar-refractivity contribution in [2.24, 2.45) is 5.92 Å². The van der Waals surface area contributed by atoms with E-state index in [1.165, 1.54) is 11.3 Å². The van der Waals surface area contributed by atoms with Crippen molar-refractivity contribution in [2.75, 3.05) is 19.7 Å². The Morgan fingerprint density at radius 3 is 2.81 bits per heavy atom. The van der Waals surface area contributed by atoms with Crippen molar-refractivity contribution in [3.63, 3.8) is 0 Å². The van der Waals surface area contributed by atoms with Crippen molar-refractivity contribution in [3.8, 4) is 11.8 Å². The molecule has 2 heterocycles. The number of hydrogen-bond donors (Lipinski definition) is 0. The van der Waals surface area contributed by atoms with Gasteiger partial charge in [-0.2, -0.15) is 0 Å². The Kier molecular flexibility index (Phi) is 5.06. The van der Waals surface area contributed by atoms with Crippen LogP contribution in [0.1, 0.15) is 48.8 Å². The smallest absolute Gasteiger partial charge is 0.0998 e. The average molecular weight is 346 g/mol. The molecule has 0 saturated carbocycles. The minimum atomic E-state index is 0.136. The second-order valence-corrected chi connectivity index (χ2v) is 7.66. The molecule has 0 bridgehead atoms. The largest absolute Gasteiger partial charge is 0.370 e. The van der Waals surface area contributed by atoms with Crippen molar-refractivity contribution in [1.29, 1.82) is 0 Å². The Morgan fingerprint density at radius 1 is 1.19 bits per heavy atom. The van der Waals surface area contributed by atoms with Gasteiger partial charge in [0, 0.05) is 47.7 Å². The lowest BCUT2D eigenvalue weighted by molar-refractivity contribution is -0.0837. The lowest BCUT2D eigenvalue weighted by Gasteiger charge is -2.44. The molecule has 2 aliphatic rings. The Hall–Kier alpha value is -2.15. The predicted molar refractivity (Wildman–Crippen MR) is 104 cm³/mol. The summed E-state index contributed by atoms with van der Waals surface area (Å²) in [5.74, 6) is 7.18. The maximum Gasteiger partial charge on any atom is 0.0998 e. The zero-order valence-corrected chi connectivity index (χ0v) is 15.6. The third-order valence-electron chi connectivity index (χ3n) is 5.21. The predicted octanol–water partition coefficient (Wildman–Crippen LogP) is 3.83. The zero-order chi connectivity index (χ0) is 17.9. The number of ether oxygens (including phenoxy) is 1. The zero-order valence-electron chi connectivity index (χ0n) is 15.6. The van der Waals surface area contributed by atoms with E-state index in [2.05, 4.69) is 36.7 Å². The molecule has 0 spiro atoms. The first-order chi connectivity index (χ1) is 12.7. The maximum absolute atomic E-state index is 6.21. The van der Waals surface area contributed by atoms with Gasteiger partial charge in [-0.3, -0.25) is 9.88 Å². The molecule has 1 saturated heterocycles. The number of nitrogens with zero attached hydrogens (tertiary/aromatic N) is 2. The number of morpholine rings is 1. The molecule has 3 heteroatoms. The number of rotatable bonds is 2. The lowest BCUT2D eigenvalue weighted by Crippen LogP contribution is -2.50. The highest BCUT2D eigenvalue weighted by Gasteiger charge is 2.38. The van der Waals surface area contributed by atoms with Gasteiger partial charge in [0.25, 0.3) is 0 Å².